The third-order valence-electron chi connectivity index (χ3n) is 3.52. The molecule has 1 heterocycles. The van der Waals surface area contributed by atoms with Gasteiger partial charge in [0.1, 0.15) is 0 Å². The Morgan fingerprint density at radius 2 is 2.10 bits per heavy atom. The van der Waals surface area contributed by atoms with Gasteiger partial charge in [-0.3, -0.25) is 0 Å². The number of carbonyl (C=O) groups excluding carboxylic acids is 1. The monoisotopic (exact) mass is 308 g/mol. The molecular weight excluding hydrogens is 288 g/mol. The number of carboxylic acids is 1. The first-order valence-electron chi connectivity index (χ1n) is 7.02. The van der Waals surface area contributed by atoms with E-state index in [9.17, 15) is 9.59 Å². The average molecular weight is 308 g/mol. The molecule has 0 aliphatic carbocycles. The molecule has 0 radical (unpaired) electrons. The summed E-state index contributed by atoms with van der Waals surface area (Å²) in [6, 6.07) is 7.02. The van der Waals surface area contributed by atoms with Crippen LogP contribution < -0.4 is 5.32 Å². The summed E-state index contributed by atoms with van der Waals surface area (Å²) >= 11 is 1.88. The molecule has 21 heavy (non-hydrogen) atoms. The van der Waals surface area contributed by atoms with Crippen LogP contribution in [-0.2, 0) is 6.42 Å². The van der Waals surface area contributed by atoms with Crippen molar-refractivity contribution in [3.63, 3.8) is 0 Å². The first-order valence-corrected chi connectivity index (χ1v) is 8.18. The lowest BCUT2D eigenvalue weighted by Gasteiger charge is -2.33. The molecule has 1 unspecified atom stereocenters. The third kappa shape index (κ3) is 4.39. The lowest BCUT2D eigenvalue weighted by atomic mass is 10.1. The zero-order valence-electron chi connectivity index (χ0n) is 12.0. The van der Waals surface area contributed by atoms with Crippen LogP contribution >= 0.6 is 11.8 Å². The van der Waals surface area contributed by atoms with Gasteiger partial charge in [0, 0.05) is 30.6 Å². The Labute approximate surface area is 128 Å². The van der Waals surface area contributed by atoms with Gasteiger partial charge in [0.2, 0.25) is 0 Å². The van der Waals surface area contributed by atoms with Crippen molar-refractivity contribution >= 4 is 23.8 Å². The third-order valence-corrected chi connectivity index (χ3v) is 4.71. The standard InChI is InChI=1S/C15H20N2O3S/c1-11-10-21-9-8-17(11)15(20)16-7-6-12-2-4-13(5-3-12)14(18)19/h2-5,11H,6-10H2,1H3,(H,16,20)(H,18,19). The number of hydrogen-bond donors (Lipinski definition) is 2. The van der Waals surface area contributed by atoms with E-state index in [1.165, 1.54) is 0 Å². The lowest BCUT2D eigenvalue weighted by molar-refractivity contribution is 0.0697. The molecule has 1 aliphatic heterocycles. The molecule has 1 fully saturated rings. The second-order valence-corrected chi connectivity index (χ2v) is 6.25. The molecule has 2 amide bonds. The Bertz CT molecular complexity index is 504. The predicted octanol–water partition coefficient (Wildman–Crippen LogP) is 2.07. The van der Waals surface area contributed by atoms with Crippen LogP contribution in [0.2, 0.25) is 0 Å². The summed E-state index contributed by atoms with van der Waals surface area (Å²) in [4.78, 5) is 24.7. The second-order valence-electron chi connectivity index (χ2n) is 5.10. The Morgan fingerprint density at radius 1 is 1.38 bits per heavy atom. The van der Waals surface area contributed by atoms with Crippen LogP contribution in [-0.4, -0.2) is 52.6 Å². The van der Waals surface area contributed by atoms with Crippen molar-refractivity contribution in [1.82, 2.24) is 10.2 Å². The Balaban J connectivity index is 1.78. The normalized spacial score (nSPS) is 18.3. The molecule has 0 bridgehead atoms. The minimum Gasteiger partial charge on any atom is -0.478 e. The van der Waals surface area contributed by atoms with E-state index in [2.05, 4.69) is 12.2 Å². The summed E-state index contributed by atoms with van der Waals surface area (Å²) in [5.74, 6) is 1.06. The van der Waals surface area contributed by atoms with E-state index in [0.29, 0.717) is 13.0 Å². The molecule has 1 atom stereocenters. The van der Waals surface area contributed by atoms with Crippen LogP contribution in [0.15, 0.2) is 24.3 Å². The van der Waals surface area contributed by atoms with E-state index in [-0.39, 0.29) is 17.6 Å². The number of aromatic carboxylic acids is 1. The number of carbonyl (C=O) groups is 2. The van der Waals surface area contributed by atoms with Gasteiger partial charge in [-0.15, -0.1) is 0 Å². The molecule has 0 spiro atoms. The van der Waals surface area contributed by atoms with E-state index >= 15 is 0 Å². The number of benzene rings is 1. The van der Waals surface area contributed by atoms with Gasteiger partial charge in [-0.25, -0.2) is 9.59 Å². The highest BCUT2D eigenvalue weighted by Gasteiger charge is 2.22. The number of urea groups is 1. The zero-order valence-corrected chi connectivity index (χ0v) is 12.9. The number of nitrogens with one attached hydrogen (secondary N) is 1. The van der Waals surface area contributed by atoms with Gasteiger partial charge < -0.3 is 15.3 Å². The van der Waals surface area contributed by atoms with Crippen molar-refractivity contribution in [2.45, 2.75) is 19.4 Å². The van der Waals surface area contributed by atoms with Crippen LogP contribution in [0.1, 0.15) is 22.8 Å². The highest BCUT2D eigenvalue weighted by atomic mass is 32.2. The van der Waals surface area contributed by atoms with E-state index in [1.54, 1.807) is 24.3 Å². The summed E-state index contributed by atoms with van der Waals surface area (Å²) in [6.45, 7) is 3.42. The molecule has 1 aromatic carbocycles. The van der Waals surface area contributed by atoms with Gasteiger partial charge in [-0.1, -0.05) is 12.1 Å². The lowest BCUT2D eigenvalue weighted by Crippen LogP contribution is -2.49. The Kier molecular flexibility index (Phi) is 5.50. The fourth-order valence-electron chi connectivity index (χ4n) is 2.26. The molecular formula is C15H20N2O3S. The van der Waals surface area contributed by atoms with Gasteiger partial charge in [0.15, 0.2) is 0 Å². The number of nitrogens with zero attached hydrogens (tertiary/aromatic N) is 1. The van der Waals surface area contributed by atoms with Crippen LogP contribution in [0.5, 0.6) is 0 Å². The summed E-state index contributed by atoms with van der Waals surface area (Å²) < 4.78 is 0. The van der Waals surface area contributed by atoms with Crippen LogP contribution in [0.3, 0.4) is 0 Å². The highest BCUT2D eigenvalue weighted by molar-refractivity contribution is 7.99. The van der Waals surface area contributed by atoms with Crippen molar-refractivity contribution < 1.29 is 14.7 Å². The predicted molar refractivity (Wildman–Crippen MR) is 84.0 cm³/mol. The van der Waals surface area contributed by atoms with Gasteiger partial charge in [0.25, 0.3) is 0 Å². The van der Waals surface area contributed by atoms with Crippen LogP contribution in [0, 0.1) is 0 Å². The molecule has 2 rings (SSSR count). The molecule has 1 saturated heterocycles. The average Bonchev–Trinajstić information content (AvgIpc) is 2.48. The number of thioether (sulfide) groups is 1. The maximum Gasteiger partial charge on any atom is 0.335 e. The Hall–Kier alpha value is -1.69. The number of carboxylic acid groups (broad SMARTS) is 1. The van der Waals surface area contributed by atoms with E-state index in [1.807, 2.05) is 16.7 Å². The largest absolute Gasteiger partial charge is 0.478 e. The topological polar surface area (TPSA) is 69.6 Å². The van der Waals surface area contributed by atoms with E-state index in [4.69, 9.17) is 5.11 Å². The quantitative estimate of drug-likeness (QED) is 0.893. The van der Waals surface area contributed by atoms with Crippen molar-refractivity contribution in [3.8, 4) is 0 Å². The smallest absolute Gasteiger partial charge is 0.335 e. The van der Waals surface area contributed by atoms with Gasteiger partial charge >= 0.3 is 12.0 Å². The summed E-state index contributed by atoms with van der Waals surface area (Å²) in [5.41, 5.74) is 1.30. The van der Waals surface area contributed by atoms with Crippen molar-refractivity contribution in [2.75, 3.05) is 24.6 Å². The van der Waals surface area contributed by atoms with Crippen LogP contribution in [0.4, 0.5) is 4.79 Å². The fraction of sp³-hybridized carbons (Fsp3) is 0.467. The Morgan fingerprint density at radius 3 is 2.71 bits per heavy atom. The highest BCUT2D eigenvalue weighted by Crippen LogP contribution is 2.15. The van der Waals surface area contributed by atoms with E-state index in [0.717, 1.165) is 23.6 Å². The zero-order chi connectivity index (χ0) is 15.2. The minimum absolute atomic E-state index is 0.00930. The number of hydrogen-bond acceptors (Lipinski definition) is 3. The first kappa shape index (κ1) is 15.7. The van der Waals surface area contributed by atoms with Crippen molar-refractivity contribution in [2.24, 2.45) is 0 Å². The molecule has 0 aromatic heterocycles. The van der Waals surface area contributed by atoms with E-state index < -0.39 is 5.97 Å². The second kappa shape index (κ2) is 7.36. The van der Waals surface area contributed by atoms with Gasteiger partial charge in [-0.2, -0.15) is 11.8 Å². The molecule has 2 N–H and O–H groups in total. The maximum atomic E-state index is 12.1. The minimum atomic E-state index is -0.924. The fourth-order valence-corrected chi connectivity index (χ4v) is 3.27. The molecule has 5 nitrogen and oxygen atoms in total. The molecule has 0 saturated carbocycles. The first-order chi connectivity index (χ1) is 10.1. The summed E-state index contributed by atoms with van der Waals surface area (Å²) in [7, 11) is 0. The number of amides is 2. The molecule has 1 aromatic rings. The summed E-state index contributed by atoms with van der Waals surface area (Å²) in [6.07, 6.45) is 0.697. The van der Waals surface area contributed by atoms with Gasteiger partial charge in [0.05, 0.1) is 5.56 Å². The summed E-state index contributed by atoms with van der Waals surface area (Å²) in [5, 5.41) is 11.8. The van der Waals surface area contributed by atoms with Crippen molar-refractivity contribution in [3.05, 3.63) is 35.4 Å². The molecule has 114 valence electrons. The maximum absolute atomic E-state index is 12.1. The van der Waals surface area contributed by atoms with Crippen molar-refractivity contribution in [1.29, 1.82) is 0 Å². The van der Waals surface area contributed by atoms with Gasteiger partial charge in [-0.05, 0) is 31.0 Å². The molecule has 1 aliphatic rings. The SMILES string of the molecule is CC1CSCCN1C(=O)NCCc1ccc(C(=O)O)cc1. The number of rotatable bonds is 4. The molecule has 6 heteroatoms. The van der Waals surface area contributed by atoms with Crippen LogP contribution in [0.25, 0.3) is 0 Å².